The van der Waals surface area contributed by atoms with Gasteiger partial charge in [0.25, 0.3) is 0 Å². The molecule has 0 heterocycles. The van der Waals surface area contributed by atoms with Crippen LogP contribution in [0.2, 0.25) is 10.0 Å². The second kappa shape index (κ2) is 6.58. The van der Waals surface area contributed by atoms with Crippen LogP contribution in [0.3, 0.4) is 0 Å². The third-order valence-electron chi connectivity index (χ3n) is 4.67. The molecule has 1 fully saturated rings. The number of rotatable bonds is 2. The summed E-state index contributed by atoms with van der Waals surface area (Å²) in [7, 11) is 0. The van der Waals surface area contributed by atoms with Gasteiger partial charge in [0.2, 0.25) is 0 Å². The van der Waals surface area contributed by atoms with E-state index in [1.54, 1.807) is 0 Å². The van der Waals surface area contributed by atoms with Gasteiger partial charge in [-0.2, -0.15) is 0 Å². The van der Waals surface area contributed by atoms with Crippen LogP contribution in [0.25, 0.3) is 0 Å². The monoisotopic (exact) mass is 376 g/mol. The van der Waals surface area contributed by atoms with Gasteiger partial charge in [-0.15, -0.1) is 0 Å². The van der Waals surface area contributed by atoms with Crippen molar-refractivity contribution < 1.29 is 0 Å². The molecule has 112 valence electrons. The van der Waals surface area contributed by atoms with Crippen molar-refractivity contribution in [3.63, 3.8) is 0 Å². The van der Waals surface area contributed by atoms with E-state index in [-0.39, 0.29) is 0 Å². The first-order chi connectivity index (χ1) is 9.29. The Bertz CT molecular complexity index is 457. The van der Waals surface area contributed by atoms with Crippen molar-refractivity contribution in [2.75, 3.05) is 0 Å². The molecule has 0 aromatic heterocycles. The zero-order chi connectivity index (χ0) is 14.9. The minimum Gasteiger partial charge on any atom is -0.0843 e. The van der Waals surface area contributed by atoms with Crippen LogP contribution in [-0.2, 0) is 0 Å². The van der Waals surface area contributed by atoms with E-state index in [9.17, 15) is 0 Å². The van der Waals surface area contributed by atoms with Crippen LogP contribution in [0.1, 0.15) is 56.8 Å². The largest absolute Gasteiger partial charge is 0.0843 e. The van der Waals surface area contributed by atoms with Crippen molar-refractivity contribution in [1.29, 1.82) is 0 Å². The second-order valence-electron chi connectivity index (χ2n) is 7.05. The van der Waals surface area contributed by atoms with E-state index in [2.05, 4.69) is 36.7 Å². The highest BCUT2D eigenvalue weighted by molar-refractivity contribution is 9.09. The summed E-state index contributed by atoms with van der Waals surface area (Å²) < 4.78 is 0. The highest BCUT2D eigenvalue weighted by Gasteiger charge is 2.33. The van der Waals surface area contributed by atoms with Crippen molar-refractivity contribution in [2.45, 2.75) is 51.3 Å². The van der Waals surface area contributed by atoms with E-state index < -0.39 is 0 Å². The molecule has 0 nitrogen and oxygen atoms in total. The Morgan fingerprint density at radius 2 is 1.70 bits per heavy atom. The highest BCUT2D eigenvalue weighted by atomic mass is 79.9. The Labute approximate surface area is 141 Å². The van der Waals surface area contributed by atoms with Gasteiger partial charge in [-0.1, -0.05) is 59.9 Å². The number of hydrogen-bond donors (Lipinski definition) is 0. The Morgan fingerprint density at radius 1 is 1.10 bits per heavy atom. The molecular formula is C17H23BrCl2. The van der Waals surface area contributed by atoms with Gasteiger partial charge in [-0.05, 0) is 66.7 Å². The molecule has 1 saturated carbocycles. The topological polar surface area (TPSA) is 0 Å². The summed E-state index contributed by atoms with van der Waals surface area (Å²) in [4.78, 5) is 0.314. The van der Waals surface area contributed by atoms with Gasteiger partial charge < -0.3 is 0 Å². The molecule has 0 amide bonds. The quantitative estimate of drug-likeness (QED) is 0.475. The van der Waals surface area contributed by atoms with Crippen LogP contribution in [0.4, 0.5) is 0 Å². The first-order valence-electron chi connectivity index (χ1n) is 7.38. The third-order valence-corrected chi connectivity index (χ3v) is 6.49. The molecule has 1 atom stereocenters. The molecule has 20 heavy (non-hydrogen) atoms. The SMILES string of the molecule is CC(C)(C)C1CCC(C(Br)c2cc(Cl)ccc2Cl)CC1. The smallest absolute Gasteiger partial charge is 0.0450 e. The molecule has 0 spiro atoms. The molecule has 1 aromatic rings. The van der Waals surface area contributed by atoms with Crippen molar-refractivity contribution in [2.24, 2.45) is 17.3 Å². The van der Waals surface area contributed by atoms with Gasteiger partial charge in [0.15, 0.2) is 0 Å². The van der Waals surface area contributed by atoms with Gasteiger partial charge in [-0.3, -0.25) is 0 Å². The van der Waals surface area contributed by atoms with Crippen LogP contribution in [-0.4, -0.2) is 0 Å². The molecule has 0 radical (unpaired) electrons. The number of benzene rings is 1. The first-order valence-corrected chi connectivity index (χ1v) is 9.05. The number of halogens is 3. The van der Waals surface area contributed by atoms with Crippen molar-refractivity contribution in [1.82, 2.24) is 0 Å². The van der Waals surface area contributed by atoms with Gasteiger partial charge in [0.1, 0.15) is 0 Å². The van der Waals surface area contributed by atoms with Crippen molar-refractivity contribution >= 4 is 39.1 Å². The Kier molecular flexibility index (Phi) is 5.48. The lowest BCUT2D eigenvalue weighted by atomic mass is 9.69. The molecule has 1 aromatic carbocycles. The average molecular weight is 378 g/mol. The lowest BCUT2D eigenvalue weighted by Crippen LogP contribution is -2.27. The predicted octanol–water partition coefficient (Wildman–Crippen LogP) is 7.28. The normalized spacial score (nSPS) is 25.5. The molecule has 0 N–H and O–H groups in total. The van der Waals surface area contributed by atoms with Crippen molar-refractivity contribution in [3.8, 4) is 0 Å². The highest BCUT2D eigenvalue weighted by Crippen LogP contribution is 2.47. The summed E-state index contributed by atoms with van der Waals surface area (Å²) in [6.07, 6.45) is 5.16. The summed E-state index contributed by atoms with van der Waals surface area (Å²) in [6.45, 7) is 7.08. The van der Waals surface area contributed by atoms with E-state index in [4.69, 9.17) is 23.2 Å². The van der Waals surface area contributed by atoms with Crippen LogP contribution in [0.5, 0.6) is 0 Å². The second-order valence-corrected chi connectivity index (χ2v) is 8.88. The Hall–Kier alpha value is 0.280. The minimum atomic E-state index is 0.314. The van der Waals surface area contributed by atoms with Crippen LogP contribution in [0, 0.1) is 17.3 Å². The summed E-state index contributed by atoms with van der Waals surface area (Å²) in [5.74, 6) is 1.50. The maximum Gasteiger partial charge on any atom is 0.0450 e. The average Bonchev–Trinajstić information content (AvgIpc) is 2.40. The van der Waals surface area contributed by atoms with Crippen LogP contribution in [0.15, 0.2) is 18.2 Å². The zero-order valence-corrected chi connectivity index (χ0v) is 15.5. The third kappa shape index (κ3) is 3.93. The van der Waals surface area contributed by atoms with Gasteiger partial charge >= 0.3 is 0 Å². The van der Waals surface area contributed by atoms with Crippen LogP contribution >= 0.6 is 39.1 Å². The summed E-state index contributed by atoms with van der Waals surface area (Å²) in [6, 6.07) is 5.75. The molecule has 0 bridgehead atoms. The summed E-state index contributed by atoms with van der Waals surface area (Å²) in [5, 5.41) is 1.58. The lowest BCUT2D eigenvalue weighted by molar-refractivity contribution is 0.149. The molecule has 0 aliphatic heterocycles. The van der Waals surface area contributed by atoms with E-state index in [1.807, 2.05) is 18.2 Å². The van der Waals surface area contributed by atoms with Gasteiger partial charge in [0, 0.05) is 14.9 Å². The maximum atomic E-state index is 6.32. The fraction of sp³-hybridized carbons (Fsp3) is 0.647. The molecule has 2 rings (SSSR count). The van der Waals surface area contributed by atoms with Crippen LogP contribution < -0.4 is 0 Å². The molecule has 1 unspecified atom stereocenters. The lowest BCUT2D eigenvalue weighted by Gasteiger charge is -2.38. The molecular weight excluding hydrogens is 355 g/mol. The molecule has 1 aliphatic rings. The minimum absolute atomic E-state index is 0.314. The zero-order valence-electron chi connectivity index (χ0n) is 12.4. The summed E-state index contributed by atoms with van der Waals surface area (Å²) >= 11 is 16.3. The fourth-order valence-electron chi connectivity index (χ4n) is 3.26. The Morgan fingerprint density at radius 3 is 2.25 bits per heavy atom. The molecule has 1 aliphatic carbocycles. The van der Waals surface area contributed by atoms with E-state index in [0.29, 0.717) is 16.2 Å². The number of hydrogen-bond acceptors (Lipinski definition) is 0. The molecule has 0 saturated heterocycles. The summed E-state index contributed by atoms with van der Waals surface area (Å²) in [5.41, 5.74) is 1.57. The molecule has 3 heteroatoms. The van der Waals surface area contributed by atoms with E-state index in [0.717, 1.165) is 21.5 Å². The standard InChI is InChI=1S/C17H23BrCl2/c1-17(2,3)12-6-4-11(5-7-12)16(18)14-10-13(19)8-9-15(14)20/h8-12,16H,4-7H2,1-3H3. The predicted molar refractivity (Wildman–Crippen MR) is 93.0 cm³/mol. The van der Waals surface area contributed by atoms with Gasteiger partial charge in [-0.25, -0.2) is 0 Å². The van der Waals surface area contributed by atoms with Gasteiger partial charge in [0.05, 0.1) is 0 Å². The Balaban J connectivity index is 2.05. The van der Waals surface area contributed by atoms with Crippen molar-refractivity contribution in [3.05, 3.63) is 33.8 Å². The van der Waals surface area contributed by atoms with E-state index in [1.165, 1.54) is 25.7 Å². The fourth-order valence-corrected chi connectivity index (χ4v) is 4.71. The number of alkyl halides is 1. The van der Waals surface area contributed by atoms with E-state index >= 15 is 0 Å². The first kappa shape index (κ1) is 16.6. The maximum absolute atomic E-state index is 6.32.